The number of hydrogen-bond acceptors (Lipinski definition) is 3. The molecule has 0 atom stereocenters. The van der Waals surface area contributed by atoms with Crippen molar-refractivity contribution in [2.24, 2.45) is 5.73 Å². The Hall–Kier alpha value is -1.55. The number of benzene rings is 1. The van der Waals surface area contributed by atoms with Crippen LogP contribution in [-0.2, 0) is 6.42 Å². The van der Waals surface area contributed by atoms with E-state index in [1.807, 2.05) is 6.07 Å². The van der Waals surface area contributed by atoms with Gasteiger partial charge in [-0.3, -0.25) is 5.41 Å². The first-order valence-corrected chi connectivity index (χ1v) is 4.39. The molecule has 5 heteroatoms. The van der Waals surface area contributed by atoms with Crippen LogP contribution in [-0.4, -0.2) is 10.8 Å². The number of nitrogens with one attached hydrogen (secondary N) is 1. The minimum atomic E-state index is 0.101. The molecule has 0 amide bonds. The third-order valence-corrected chi connectivity index (χ3v) is 2.12. The third kappa shape index (κ3) is 1.56. The highest BCUT2D eigenvalue weighted by Gasteiger charge is 2.06. The highest BCUT2D eigenvalue weighted by atomic mass is 35.5. The van der Waals surface area contributed by atoms with Crippen LogP contribution in [0.2, 0.25) is 5.02 Å². The lowest BCUT2D eigenvalue weighted by Gasteiger charge is -2.00. The van der Waals surface area contributed by atoms with E-state index in [1.165, 1.54) is 6.39 Å². The molecule has 0 unspecified atom stereocenters. The molecule has 0 aliphatic rings. The summed E-state index contributed by atoms with van der Waals surface area (Å²) in [6.45, 7) is 0. The molecule has 0 saturated carbocycles. The average Bonchev–Trinajstić information content (AvgIpc) is 2.50. The van der Waals surface area contributed by atoms with Crippen molar-refractivity contribution in [1.29, 1.82) is 5.41 Å². The van der Waals surface area contributed by atoms with Gasteiger partial charge in [0.05, 0.1) is 10.9 Å². The molecule has 14 heavy (non-hydrogen) atoms. The third-order valence-electron chi connectivity index (χ3n) is 1.84. The van der Waals surface area contributed by atoms with Gasteiger partial charge in [-0.1, -0.05) is 11.6 Å². The number of aromatic nitrogens is 1. The summed E-state index contributed by atoms with van der Waals surface area (Å²) in [5.74, 6) is 0.101. The fourth-order valence-electron chi connectivity index (χ4n) is 1.30. The van der Waals surface area contributed by atoms with Crippen molar-refractivity contribution in [3.05, 3.63) is 29.1 Å². The number of oxazole rings is 1. The van der Waals surface area contributed by atoms with E-state index in [1.54, 1.807) is 6.07 Å². The Morgan fingerprint density at radius 2 is 2.36 bits per heavy atom. The maximum atomic E-state index is 7.16. The molecule has 1 aromatic carbocycles. The summed E-state index contributed by atoms with van der Waals surface area (Å²) >= 11 is 5.94. The molecule has 2 aromatic rings. The maximum absolute atomic E-state index is 7.16. The van der Waals surface area contributed by atoms with Crippen molar-refractivity contribution in [2.45, 2.75) is 6.42 Å². The predicted octanol–water partition coefficient (Wildman–Crippen LogP) is 1.96. The Kier molecular flexibility index (Phi) is 2.13. The van der Waals surface area contributed by atoms with Crippen LogP contribution in [0.15, 0.2) is 22.9 Å². The minimum Gasteiger partial charge on any atom is -0.442 e. The number of nitrogens with zero attached hydrogens (tertiary/aromatic N) is 1. The van der Waals surface area contributed by atoms with Crippen LogP contribution in [0.5, 0.6) is 0 Å². The van der Waals surface area contributed by atoms with Gasteiger partial charge >= 0.3 is 0 Å². The first-order valence-electron chi connectivity index (χ1n) is 4.01. The Labute approximate surface area is 85.2 Å². The second kappa shape index (κ2) is 3.31. The van der Waals surface area contributed by atoms with Crippen molar-refractivity contribution in [3.63, 3.8) is 0 Å². The largest absolute Gasteiger partial charge is 0.442 e. The van der Waals surface area contributed by atoms with Crippen LogP contribution >= 0.6 is 11.6 Å². The predicted molar refractivity (Wildman–Crippen MR) is 54.6 cm³/mol. The van der Waals surface area contributed by atoms with Gasteiger partial charge in [-0.15, -0.1) is 0 Å². The quantitative estimate of drug-likeness (QED) is 0.586. The number of nitrogens with two attached hydrogens (primary N) is 1. The monoisotopic (exact) mass is 209 g/mol. The van der Waals surface area contributed by atoms with E-state index >= 15 is 0 Å². The SMILES string of the molecule is N=C(N)Cc1cc(Cl)c2ocnc2c1. The minimum absolute atomic E-state index is 0.101. The van der Waals surface area contributed by atoms with E-state index < -0.39 is 0 Å². The van der Waals surface area contributed by atoms with Crippen molar-refractivity contribution < 1.29 is 4.42 Å². The molecule has 2 rings (SSSR count). The molecule has 0 saturated heterocycles. The Morgan fingerprint density at radius 3 is 3.07 bits per heavy atom. The molecule has 4 nitrogen and oxygen atoms in total. The smallest absolute Gasteiger partial charge is 0.182 e. The zero-order valence-corrected chi connectivity index (χ0v) is 8.01. The molecule has 1 heterocycles. The average molecular weight is 210 g/mol. The number of rotatable bonds is 2. The van der Waals surface area contributed by atoms with Crippen LogP contribution in [0, 0.1) is 5.41 Å². The highest BCUT2D eigenvalue weighted by Crippen LogP contribution is 2.24. The van der Waals surface area contributed by atoms with E-state index in [2.05, 4.69) is 4.98 Å². The van der Waals surface area contributed by atoms with Crippen LogP contribution in [0.25, 0.3) is 11.1 Å². The summed E-state index contributed by atoms with van der Waals surface area (Å²) in [7, 11) is 0. The van der Waals surface area contributed by atoms with E-state index in [9.17, 15) is 0 Å². The lowest BCUT2D eigenvalue weighted by molar-refractivity contribution is 0.602. The second-order valence-electron chi connectivity index (χ2n) is 2.98. The van der Waals surface area contributed by atoms with Crippen molar-refractivity contribution in [2.75, 3.05) is 0 Å². The van der Waals surface area contributed by atoms with Crippen LogP contribution in [0.1, 0.15) is 5.56 Å². The van der Waals surface area contributed by atoms with Gasteiger partial charge in [0.2, 0.25) is 0 Å². The summed E-state index contributed by atoms with van der Waals surface area (Å²) in [5, 5.41) is 7.66. The Morgan fingerprint density at radius 1 is 1.57 bits per heavy atom. The zero-order chi connectivity index (χ0) is 10.1. The van der Waals surface area contributed by atoms with Gasteiger partial charge < -0.3 is 10.2 Å². The van der Waals surface area contributed by atoms with Crippen molar-refractivity contribution in [1.82, 2.24) is 4.98 Å². The Balaban J connectivity index is 2.53. The normalized spacial score (nSPS) is 10.6. The molecule has 0 fully saturated rings. The standard InChI is InChI=1S/C9H8ClN3O/c10-6-1-5(3-8(11)12)2-7-9(6)14-4-13-7/h1-2,4H,3H2,(H3,11,12). The first-order chi connectivity index (χ1) is 6.66. The molecular weight excluding hydrogens is 202 g/mol. The van der Waals surface area contributed by atoms with Crippen LogP contribution in [0.4, 0.5) is 0 Å². The molecular formula is C9H8ClN3O. The lowest BCUT2D eigenvalue weighted by Crippen LogP contribution is -2.12. The van der Waals surface area contributed by atoms with E-state index in [0.717, 1.165) is 5.56 Å². The maximum Gasteiger partial charge on any atom is 0.182 e. The number of amidine groups is 1. The zero-order valence-electron chi connectivity index (χ0n) is 7.25. The molecule has 0 aliphatic carbocycles. The molecule has 0 aliphatic heterocycles. The topological polar surface area (TPSA) is 75.9 Å². The number of halogens is 1. The molecule has 0 radical (unpaired) electrons. The second-order valence-corrected chi connectivity index (χ2v) is 3.39. The van der Waals surface area contributed by atoms with Crippen LogP contribution in [0.3, 0.4) is 0 Å². The number of fused-ring (bicyclic) bond motifs is 1. The summed E-state index contributed by atoms with van der Waals surface area (Å²) in [4.78, 5) is 3.99. The van der Waals surface area contributed by atoms with Gasteiger partial charge in [0, 0.05) is 6.42 Å². The van der Waals surface area contributed by atoms with Gasteiger partial charge in [-0.05, 0) is 17.7 Å². The summed E-state index contributed by atoms with van der Waals surface area (Å²) < 4.78 is 5.08. The van der Waals surface area contributed by atoms with E-state index in [-0.39, 0.29) is 5.84 Å². The summed E-state index contributed by atoms with van der Waals surface area (Å²) in [5.41, 5.74) is 7.41. The fraction of sp³-hybridized carbons (Fsp3) is 0.111. The van der Waals surface area contributed by atoms with Gasteiger partial charge in [-0.2, -0.15) is 0 Å². The molecule has 72 valence electrons. The summed E-state index contributed by atoms with van der Waals surface area (Å²) in [6.07, 6.45) is 1.72. The van der Waals surface area contributed by atoms with E-state index in [4.69, 9.17) is 27.2 Å². The molecule has 1 aromatic heterocycles. The van der Waals surface area contributed by atoms with Gasteiger partial charge in [0.15, 0.2) is 12.0 Å². The van der Waals surface area contributed by atoms with Crippen molar-refractivity contribution in [3.8, 4) is 0 Å². The van der Waals surface area contributed by atoms with E-state index in [0.29, 0.717) is 22.5 Å². The highest BCUT2D eigenvalue weighted by molar-refractivity contribution is 6.34. The van der Waals surface area contributed by atoms with Crippen molar-refractivity contribution >= 4 is 28.5 Å². The molecule has 0 spiro atoms. The fourth-order valence-corrected chi connectivity index (χ4v) is 1.59. The van der Waals surface area contributed by atoms with Gasteiger partial charge in [0.1, 0.15) is 5.52 Å². The lowest BCUT2D eigenvalue weighted by atomic mass is 10.1. The molecule has 3 N–H and O–H groups in total. The number of hydrogen-bond donors (Lipinski definition) is 2. The van der Waals surface area contributed by atoms with Crippen LogP contribution < -0.4 is 5.73 Å². The van der Waals surface area contributed by atoms with Gasteiger partial charge in [0.25, 0.3) is 0 Å². The molecule has 0 bridgehead atoms. The summed E-state index contributed by atoms with van der Waals surface area (Å²) in [6, 6.07) is 3.54. The Bertz CT molecular complexity index is 492. The first kappa shape index (κ1) is 9.02. The van der Waals surface area contributed by atoms with Gasteiger partial charge in [-0.25, -0.2) is 4.98 Å².